The molecule has 2 heterocycles. The molecule has 4 rings (SSSR count). The summed E-state index contributed by atoms with van der Waals surface area (Å²) >= 11 is 0. The van der Waals surface area contributed by atoms with Crippen molar-refractivity contribution >= 4 is 22.3 Å². The minimum Gasteiger partial charge on any atom is -0.474 e. The van der Waals surface area contributed by atoms with E-state index in [2.05, 4.69) is 4.99 Å². The maximum atomic E-state index is 14.8. The van der Waals surface area contributed by atoms with E-state index in [0.29, 0.717) is 50.2 Å². The van der Waals surface area contributed by atoms with Gasteiger partial charge in [0.1, 0.15) is 6.10 Å². The van der Waals surface area contributed by atoms with Crippen LogP contribution >= 0.6 is 0 Å². The fourth-order valence-electron chi connectivity index (χ4n) is 4.05. The van der Waals surface area contributed by atoms with E-state index in [4.69, 9.17) is 14.2 Å². The highest BCUT2D eigenvalue weighted by atomic mass is 32.2. The van der Waals surface area contributed by atoms with Gasteiger partial charge in [0.05, 0.1) is 22.6 Å². The summed E-state index contributed by atoms with van der Waals surface area (Å²) in [6.45, 7) is 6.47. The number of rotatable bonds is 7. The van der Waals surface area contributed by atoms with E-state index in [-0.39, 0.29) is 28.9 Å². The molecule has 11 heteroatoms. The number of amides is 1. The molecule has 1 saturated heterocycles. The Bertz CT molecular complexity index is 1120. The largest absolute Gasteiger partial charge is 0.474 e. The normalized spacial score (nSPS) is 21.5. The summed E-state index contributed by atoms with van der Waals surface area (Å²) in [5, 5.41) is -0.410. The zero-order chi connectivity index (χ0) is 25.3. The van der Waals surface area contributed by atoms with Crippen LogP contribution < -0.4 is 4.74 Å². The number of halogens is 1. The molecule has 1 aromatic rings. The number of sulfone groups is 1. The Kier molecular flexibility index (Phi) is 7.25. The van der Waals surface area contributed by atoms with Crippen LogP contribution in [-0.2, 0) is 19.3 Å². The molecular formula is C24H32FN3O6S. The lowest BCUT2D eigenvalue weighted by atomic mass is 10.1. The second-order valence-electron chi connectivity index (χ2n) is 9.44. The van der Waals surface area contributed by atoms with Gasteiger partial charge in [-0.15, -0.1) is 0 Å². The van der Waals surface area contributed by atoms with Crippen LogP contribution in [0.25, 0.3) is 0 Å². The molecule has 0 bridgehead atoms. The Morgan fingerprint density at radius 2 is 1.83 bits per heavy atom. The lowest BCUT2D eigenvalue weighted by Gasteiger charge is -2.35. The summed E-state index contributed by atoms with van der Waals surface area (Å²) < 4.78 is 56.9. The van der Waals surface area contributed by atoms with Gasteiger partial charge in [0.2, 0.25) is 12.1 Å². The molecule has 0 aromatic heterocycles. The summed E-state index contributed by atoms with van der Waals surface area (Å²) in [6, 6.07) is 3.76. The first-order chi connectivity index (χ1) is 16.6. The van der Waals surface area contributed by atoms with Crippen molar-refractivity contribution in [2.24, 2.45) is 4.99 Å². The second-order valence-corrected chi connectivity index (χ2v) is 11.7. The van der Waals surface area contributed by atoms with Gasteiger partial charge in [-0.3, -0.25) is 0 Å². The number of piperidine rings is 1. The molecular weight excluding hydrogens is 477 g/mol. The number of aliphatic imine (C=N–C) groups is 1. The minimum atomic E-state index is -3.49. The van der Waals surface area contributed by atoms with E-state index in [9.17, 15) is 17.6 Å². The first-order valence-electron chi connectivity index (χ1n) is 11.9. The number of hydrogen-bond donors (Lipinski definition) is 0. The van der Waals surface area contributed by atoms with E-state index in [1.54, 1.807) is 30.1 Å². The fourth-order valence-corrected chi connectivity index (χ4v) is 5.71. The van der Waals surface area contributed by atoms with Gasteiger partial charge in [-0.1, -0.05) is 0 Å². The van der Waals surface area contributed by atoms with Gasteiger partial charge < -0.3 is 24.0 Å². The smallest absolute Gasteiger partial charge is 0.410 e. The number of hydrogen-bond acceptors (Lipinski definition) is 8. The molecule has 1 aromatic carbocycles. The molecule has 1 atom stereocenters. The molecule has 1 amide bonds. The van der Waals surface area contributed by atoms with Gasteiger partial charge in [0, 0.05) is 38.6 Å². The van der Waals surface area contributed by atoms with Crippen molar-refractivity contribution in [3.63, 3.8) is 0 Å². The Morgan fingerprint density at radius 3 is 2.43 bits per heavy atom. The maximum absolute atomic E-state index is 14.8. The summed E-state index contributed by atoms with van der Waals surface area (Å²) in [5.41, 5.74) is 0.658. The number of ether oxygens (including phenoxy) is 3. The number of likely N-dealkylation sites (N-methyl/N-ethyl adjacent to an activating group) is 1. The van der Waals surface area contributed by atoms with Crippen LogP contribution in [0.1, 0.15) is 46.5 Å². The van der Waals surface area contributed by atoms with E-state index in [1.807, 2.05) is 13.8 Å². The SMILES string of the molecule is CC1=C(OC2CCN(C(=O)OC(C)C)CC2)N=CN(C)C1Oc1ccc(S(=O)(=O)C2CC2)cc1F. The van der Waals surface area contributed by atoms with Crippen LogP contribution in [0.2, 0.25) is 0 Å². The van der Waals surface area contributed by atoms with E-state index >= 15 is 0 Å². The minimum absolute atomic E-state index is 0.0247. The third-order valence-electron chi connectivity index (χ3n) is 6.18. The third-order valence-corrected chi connectivity index (χ3v) is 8.44. The van der Waals surface area contributed by atoms with E-state index in [1.165, 1.54) is 12.1 Å². The topological polar surface area (TPSA) is 97.7 Å². The molecule has 0 radical (unpaired) electrons. The van der Waals surface area contributed by atoms with Gasteiger partial charge in [0.15, 0.2) is 21.4 Å². The van der Waals surface area contributed by atoms with E-state index < -0.39 is 27.1 Å². The second kappa shape index (κ2) is 10.0. The average molecular weight is 510 g/mol. The number of likely N-dealkylation sites (tertiary alicyclic amines) is 1. The van der Waals surface area contributed by atoms with Crippen LogP contribution in [0.3, 0.4) is 0 Å². The lowest BCUT2D eigenvalue weighted by molar-refractivity contribution is 0.0253. The monoisotopic (exact) mass is 509 g/mol. The lowest BCUT2D eigenvalue weighted by Crippen LogP contribution is -2.43. The Labute approximate surface area is 205 Å². The van der Waals surface area contributed by atoms with Crippen molar-refractivity contribution in [1.29, 1.82) is 0 Å². The number of carbonyl (C=O) groups is 1. The standard InChI is InChI=1S/C24H32FN3O6S/c1-15(2)32-24(29)28-11-9-17(10-12-28)33-22-16(3)23(27(4)14-26-22)34-21-8-7-19(13-20(21)25)35(30,31)18-5-6-18/h7-8,13-15,17-18,23H,5-6,9-12H2,1-4H3. The average Bonchev–Trinajstić information content (AvgIpc) is 3.65. The van der Waals surface area contributed by atoms with Crippen LogP contribution in [0.5, 0.6) is 5.75 Å². The number of carbonyl (C=O) groups excluding carboxylic acids is 1. The zero-order valence-electron chi connectivity index (χ0n) is 20.4. The van der Waals surface area contributed by atoms with Crippen LogP contribution in [-0.4, -0.2) is 74.5 Å². The van der Waals surface area contributed by atoms with Crippen molar-refractivity contribution in [3.8, 4) is 5.75 Å². The maximum Gasteiger partial charge on any atom is 0.410 e. The van der Waals surface area contributed by atoms with Crippen LogP contribution in [0.15, 0.2) is 39.5 Å². The molecule has 192 valence electrons. The molecule has 1 unspecified atom stereocenters. The van der Waals surface area contributed by atoms with Crippen molar-refractivity contribution in [2.45, 2.75) is 75.0 Å². The molecule has 9 nitrogen and oxygen atoms in total. The summed E-state index contributed by atoms with van der Waals surface area (Å²) in [5.74, 6) is -0.397. The number of benzene rings is 1. The van der Waals surface area contributed by atoms with Gasteiger partial charge >= 0.3 is 6.09 Å². The summed E-state index contributed by atoms with van der Waals surface area (Å²) in [6.07, 6.45) is 2.74. The van der Waals surface area contributed by atoms with Crippen LogP contribution in [0.4, 0.5) is 9.18 Å². The molecule has 1 saturated carbocycles. The molecule has 35 heavy (non-hydrogen) atoms. The van der Waals surface area contributed by atoms with Gasteiger partial charge in [-0.05, 0) is 51.8 Å². The third kappa shape index (κ3) is 5.71. The molecule has 0 spiro atoms. The predicted octanol–water partition coefficient (Wildman–Crippen LogP) is 3.70. The number of nitrogens with zero attached hydrogens (tertiary/aromatic N) is 3. The summed E-state index contributed by atoms with van der Waals surface area (Å²) in [7, 11) is -1.74. The first kappa shape index (κ1) is 25.3. The van der Waals surface area contributed by atoms with Crippen molar-refractivity contribution in [2.75, 3.05) is 20.1 Å². The molecule has 1 aliphatic carbocycles. The van der Waals surface area contributed by atoms with Gasteiger partial charge in [-0.2, -0.15) is 0 Å². The summed E-state index contributed by atoms with van der Waals surface area (Å²) in [4.78, 5) is 19.8. The molecule has 3 aliphatic rings. The predicted molar refractivity (Wildman–Crippen MR) is 127 cm³/mol. The Morgan fingerprint density at radius 1 is 1.14 bits per heavy atom. The van der Waals surface area contributed by atoms with E-state index in [0.717, 1.165) is 6.07 Å². The Balaban J connectivity index is 1.41. The fraction of sp³-hybridized carbons (Fsp3) is 0.583. The zero-order valence-corrected chi connectivity index (χ0v) is 21.3. The van der Waals surface area contributed by atoms with Gasteiger partial charge in [-0.25, -0.2) is 22.6 Å². The molecule has 0 N–H and O–H groups in total. The van der Waals surface area contributed by atoms with Crippen molar-refractivity contribution in [3.05, 3.63) is 35.5 Å². The van der Waals surface area contributed by atoms with Crippen molar-refractivity contribution in [1.82, 2.24) is 9.80 Å². The van der Waals surface area contributed by atoms with Gasteiger partial charge in [0.25, 0.3) is 0 Å². The molecule has 2 aliphatic heterocycles. The highest BCUT2D eigenvalue weighted by Crippen LogP contribution is 2.35. The first-order valence-corrected chi connectivity index (χ1v) is 13.4. The highest BCUT2D eigenvalue weighted by Gasteiger charge is 2.37. The Hall–Kier alpha value is -2.82. The highest BCUT2D eigenvalue weighted by molar-refractivity contribution is 7.92. The quantitative estimate of drug-likeness (QED) is 0.553. The molecule has 2 fully saturated rings. The van der Waals surface area contributed by atoms with Crippen LogP contribution in [0, 0.1) is 5.82 Å². The van der Waals surface area contributed by atoms with Crippen molar-refractivity contribution < 1.29 is 31.8 Å².